The Bertz CT molecular complexity index is 510. The van der Waals surface area contributed by atoms with Gasteiger partial charge in [-0.1, -0.05) is 13.8 Å². The lowest BCUT2D eigenvalue weighted by atomic mass is 10.1. The van der Waals surface area contributed by atoms with Crippen LogP contribution in [0.3, 0.4) is 0 Å². The lowest BCUT2D eigenvalue weighted by molar-refractivity contribution is 0.0598. The summed E-state index contributed by atoms with van der Waals surface area (Å²) < 4.78 is 9.53. The van der Waals surface area contributed by atoms with Gasteiger partial charge >= 0.3 is 12.1 Å². The summed E-state index contributed by atoms with van der Waals surface area (Å²) in [5, 5.41) is 2.48. The van der Waals surface area contributed by atoms with Gasteiger partial charge in [-0.2, -0.15) is 0 Å². The number of nitrogens with one attached hydrogen (secondary N) is 1. The van der Waals surface area contributed by atoms with Gasteiger partial charge in [0, 0.05) is 11.3 Å². The maximum atomic E-state index is 11.5. The van der Waals surface area contributed by atoms with E-state index in [0.29, 0.717) is 18.6 Å². The molecule has 0 fully saturated rings. The van der Waals surface area contributed by atoms with Crippen LogP contribution < -0.4 is 5.32 Å². The number of methoxy groups -OCH3 is 1. The fourth-order valence-electron chi connectivity index (χ4n) is 1.42. The lowest BCUT2D eigenvalue weighted by Gasteiger charge is -2.10. The summed E-state index contributed by atoms with van der Waals surface area (Å²) in [5.74, 6) is -0.421. The highest BCUT2D eigenvalue weighted by Gasteiger charge is 2.13. The van der Waals surface area contributed by atoms with E-state index in [2.05, 4.69) is 10.1 Å². The van der Waals surface area contributed by atoms with E-state index in [4.69, 9.17) is 4.74 Å². The first-order chi connectivity index (χ1) is 9.47. The molecule has 108 valence electrons. The average Bonchev–Trinajstić information content (AvgIpc) is 2.44. The van der Waals surface area contributed by atoms with Crippen LogP contribution in [0.5, 0.6) is 0 Å². The molecule has 0 aliphatic rings. The average molecular weight is 279 g/mol. The molecule has 0 saturated heterocycles. The smallest absolute Gasteiger partial charge is 0.411 e. The van der Waals surface area contributed by atoms with Gasteiger partial charge in [0.25, 0.3) is 0 Å². The van der Waals surface area contributed by atoms with Crippen LogP contribution in [0.4, 0.5) is 10.5 Å². The Hall–Kier alpha value is -2.37. The van der Waals surface area contributed by atoms with E-state index in [1.807, 2.05) is 13.8 Å². The molecule has 6 heteroatoms. The Morgan fingerprint density at radius 1 is 1.35 bits per heavy atom. The number of rotatable bonds is 5. The number of benzene rings is 1. The highest BCUT2D eigenvalue weighted by atomic mass is 16.5. The number of carbonyl (C=O) groups excluding carboxylic acids is 3. The minimum Gasteiger partial charge on any atom is -0.465 e. The number of esters is 1. The first-order valence-electron chi connectivity index (χ1n) is 6.09. The zero-order chi connectivity index (χ0) is 15.1. The van der Waals surface area contributed by atoms with Crippen LogP contribution in [-0.2, 0) is 9.47 Å². The number of hydrogen-bond donors (Lipinski definition) is 1. The molecule has 1 N–H and O–H groups in total. The number of aldehydes is 1. The lowest BCUT2D eigenvalue weighted by Crippen LogP contribution is -2.17. The minimum atomic E-state index is -0.647. The van der Waals surface area contributed by atoms with Crippen molar-refractivity contribution in [2.45, 2.75) is 13.8 Å². The topological polar surface area (TPSA) is 81.7 Å². The summed E-state index contributed by atoms with van der Waals surface area (Å²) in [6.07, 6.45) is -0.0685. The number of anilines is 1. The third-order valence-corrected chi connectivity index (χ3v) is 2.38. The summed E-state index contributed by atoms with van der Waals surface area (Å²) in [4.78, 5) is 33.9. The Kier molecular flexibility index (Phi) is 5.71. The van der Waals surface area contributed by atoms with E-state index in [1.165, 1.54) is 25.3 Å². The van der Waals surface area contributed by atoms with Crippen molar-refractivity contribution >= 4 is 24.0 Å². The van der Waals surface area contributed by atoms with E-state index in [-0.39, 0.29) is 17.0 Å². The van der Waals surface area contributed by atoms with Gasteiger partial charge in [-0.3, -0.25) is 10.1 Å². The maximum absolute atomic E-state index is 11.5. The fourth-order valence-corrected chi connectivity index (χ4v) is 1.42. The summed E-state index contributed by atoms with van der Waals surface area (Å²) in [7, 11) is 1.22. The Morgan fingerprint density at radius 3 is 2.60 bits per heavy atom. The van der Waals surface area contributed by atoms with Crippen LogP contribution in [0.25, 0.3) is 0 Å². The first kappa shape index (κ1) is 15.7. The SMILES string of the molecule is COC(=O)c1cc(NC(=O)OCC(C)C)ccc1C=O. The molecular weight excluding hydrogens is 262 g/mol. The Labute approximate surface area is 117 Å². The molecule has 20 heavy (non-hydrogen) atoms. The third-order valence-electron chi connectivity index (χ3n) is 2.38. The van der Waals surface area contributed by atoms with Crippen molar-refractivity contribution in [1.82, 2.24) is 0 Å². The third kappa shape index (κ3) is 4.38. The molecule has 0 unspecified atom stereocenters. The van der Waals surface area contributed by atoms with Gasteiger partial charge in [0.15, 0.2) is 6.29 Å². The van der Waals surface area contributed by atoms with Crippen LogP contribution in [0.1, 0.15) is 34.6 Å². The first-order valence-corrected chi connectivity index (χ1v) is 6.09. The van der Waals surface area contributed by atoms with Crippen molar-refractivity contribution in [2.75, 3.05) is 19.0 Å². The van der Waals surface area contributed by atoms with Crippen molar-refractivity contribution in [1.29, 1.82) is 0 Å². The zero-order valence-corrected chi connectivity index (χ0v) is 11.6. The second kappa shape index (κ2) is 7.28. The quantitative estimate of drug-likeness (QED) is 0.661. The van der Waals surface area contributed by atoms with E-state index < -0.39 is 12.1 Å². The molecule has 0 radical (unpaired) electrons. The molecule has 1 aromatic carbocycles. The van der Waals surface area contributed by atoms with Crippen molar-refractivity contribution in [3.8, 4) is 0 Å². The zero-order valence-electron chi connectivity index (χ0n) is 11.6. The summed E-state index contributed by atoms with van der Waals surface area (Å²) in [6, 6.07) is 4.30. The fraction of sp³-hybridized carbons (Fsp3) is 0.357. The van der Waals surface area contributed by atoms with Gasteiger partial charge in [0.05, 0.1) is 19.3 Å². The van der Waals surface area contributed by atoms with Gasteiger partial charge in [-0.05, 0) is 24.1 Å². The minimum absolute atomic E-state index is 0.0872. The number of carbonyl (C=O) groups is 3. The highest BCUT2D eigenvalue weighted by molar-refractivity contribution is 6.00. The van der Waals surface area contributed by atoms with Crippen LogP contribution in [0, 0.1) is 5.92 Å². The summed E-state index contributed by atoms with van der Waals surface area (Å²) in [6.45, 7) is 4.13. The molecule has 1 aromatic rings. The molecule has 0 atom stereocenters. The molecule has 0 spiro atoms. The predicted octanol–water partition coefficient (Wildman–Crippen LogP) is 2.49. The van der Waals surface area contributed by atoms with Crippen molar-refractivity contribution < 1.29 is 23.9 Å². The Balaban J connectivity index is 2.84. The molecule has 6 nitrogen and oxygen atoms in total. The van der Waals surface area contributed by atoms with Crippen LogP contribution >= 0.6 is 0 Å². The van der Waals surface area contributed by atoms with Crippen LogP contribution in [-0.4, -0.2) is 32.1 Å². The second-order valence-electron chi connectivity index (χ2n) is 4.53. The van der Waals surface area contributed by atoms with Crippen molar-refractivity contribution in [2.24, 2.45) is 5.92 Å². The molecule has 0 saturated carbocycles. The standard InChI is InChI=1S/C14H17NO5/c1-9(2)8-20-14(18)15-11-5-4-10(7-16)12(6-11)13(17)19-3/h4-7,9H,8H2,1-3H3,(H,15,18). The van der Waals surface area contributed by atoms with Crippen LogP contribution in [0.2, 0.25) is 0 Å². The van der Waals surface area contributed by atoms with E-state index in [9.17, 15) is 14.4 Å². The maximum Gasteiger partial charge on any atom is 0.411 e. The molecule has 0 bridgehead atoms. The molecule has 0 heterocycles. The van der Waals surface area contributed by atoms with Gasteiger partial charge < -0.3 is 9.47 Å². The monoisotopic (exact) mass is 279 g/mol. The normalized spacial score (nSPS) is 10.0. The number of hydrogen-bond acceptors (Lipinski definition) is 5. The summed E-state index contributed by atoms with van der Waals surface area (Å²) in [5.41, 5.74) is 0.631. The molecule has 0 aliphatic carbocycles. The van der Waals surface area contributed by atoms with E-state index in [0.717, 1.165) is 0 Å². The van der Waals surface area contributed by atoms with Gasteiger partial charge in [-0.25, -0.2) is 9.59 Å². The second-order valence-corrected chi connectivity index (χ2v) is 4.53. The highest BCUT2D eigenvalue weighted by Crippen LogP contribution is 2.16. The van der Waals surface area contributed by atoms with Gasteiger partial charge in [-0.15, -0.1) is 0 Å². The van der Waals surface area contributed by atoms with E-state index in [1.54, 1.807) is 0 Å². The number of amides is 1. The molecule has 0 aromatic heterocycles. The summed E-state index contributed by atoms with van der Waals surface area (Å²) >= 11 is 0. The molecule has 0 aliphatic heterocycles. The van der Waals surface area contributed by atoms with Crippen molar-refractivity contribution in [3.05, 3.63) is 29.3 Å². The predicted molar refractivity (Wildman–Crippen MR) is 73.0 cm³/mol. The molecule has 1 rings (SSSR count). The largest absolute Gasteiger partial charge is 0.465 e. The number of ether oxygens (including phenoxy) is 2. The Morgan fingerprint density at radius 2 is 2.05 bits per heavy atom. The van der Waals surface area contributed by atoms with E-state index >= 15 is 0 Å². The van der Waals surface area contributed by atoms with Gasteiger partial charge in [0.2, 0.25) is 0 Å². The van der Waals surface area contributed by atoms with Gasteiger partial charge in [0.1, 0.15) is 0 Å². The molecular formula is C14H17NO5. The molecule has 1 amide bonds. The van der Waals surface area contributed by atoms with Crippen molar-refractivity contribution in [3.63, 3.8) is 0 Å². The van der Waals surface area contributed by atoms with Crippen LogP contribution in [0.15, 0.2) is 18.2 Å².